The monoisotopic (exact) mass is 434 g/mol. The van der Waals surface area contributed by atoms with Gasteiger partial charge in [-0.2, -0.15) is 0 Å². The Hall–Kier alpha value is 0.595. The van der Waals surface area contributed by atoms with Gasteiger partial charge in [-0.15, -0.1) is 0 Å². The first-order valence-corrected chi connectivity index (χ1v) is 3.14. The van der Waals surface area contributed by atoms with Gasteiger partial charge in [-0.25, -0.2) is 0 Å². The molecule has 0 heterocycles. The predicted octanol–water partition coefficient (Wildman–Crippen LogP) is 0.0632. The van der Waals surface area contributed by atoms with Crippen molar-refractivity contribution in [3.63, 3.8) is 0 Å². The van der Waals surface area contributed by atoms with Crippen molar-refractivity contribution in [3.8, 4) is 0 Å². The van der Waals surface area contributed by atoms with Crippen LogP contribution in [-0.2, 0) is 46.1 Å². The van der Waals surface area contributed by atoms with Crippen molar-refractivity contribution < 1.29 is 50.9 Å². The molecule has 0 aromatic rings. The molecule has 6 heavy (non-hydrogen) atoms. The Morgan fingerprint density at radius 1 is 1.33 bits per heavy atom. The van der Waals surface area contributed by atoms with Gasteiger partial charge in [-0.1, -0.05) is 0 Å². The molecule has 0 atom stereocenters. The van der Waals surface area contributed by atoms with E-state index in [0.29, 0.717) is 0 Å². The van der Waals surface area contributed by atoms with Crippen LogP contribution in [0.5, 0.6) is 0 Å². The summed E-state index contributed by atoms with van der Waals surface area (Å²) in [4.78, 5) is 9.76. The van der Waals surface area contributed by atoms with Gasteiger partial charge in [0.2, 0.25) is 0 Å². The van der Waals surface area contributed by atoms with Crippen molar-refractivity contribution in [2.24, 2.45) is 0 Å². The summed E-state index contributed by atoms with van der Waals surface area (Å²) in [7, 11) is 0. The van der Waals surface area contributed by atoms with Crippen LogP contribution in [0.3, 0.4) is 0 Å². The number of hydrogen-bond acceptors (Lipinski definition) is 3. The summed E-state index contributed by atoms with van der Waals surface area (Å²) in [6.07, 6.45) is -0.608. The van der Waals surface area contributed by atoms with Crippen LogP contribution in [0.15, 0.2) is 0 Å². The zero-order valence-corrected chi connectivity index (χ0v) is 7.91. The van der Waals surface area contributed by atoms with Gasteiger partial charge in [0.15, 0.2) is 0 Å². The first kappa shape index (κ1) is 6.59. The Morgan fingerprint density at radius 2 is 1.67 bits per heavy atom. The number of rotatable bonds is 0. The van der Waals surface area contributed by atoms with E-state index in [1.807, 2.05) is 0 Å². The standard InChI is InChI=1S/CH2O3.2Re/c2-1(3)4;;/h(H2,2,3,4);;/q;2*+1/p-2. The quantitative estimate of drug-likeness (QED) is 0.544. The molecule has 36 valence electrons. The molecule has 0 aliphatic carbocycles. The fourth-order valence-corrected chi connectivity index (χ4v) is 0.798. The molecule has 0 amide bonds. The van der Waals surface area contributed by atoms with Gasteiger partial charge in [-0.3, -0.25) is 0 Å². The van der Waals surface area contributed by atoms with E-state index < -0.39 is 6.16 Å². The van der Waals surface area contributed by atoms with E-state index in [1.54, 1.807) is 0 Å². The zero-order valence-electron chi connectivity index (χ0n) is 2.48. The molecule has 0 aromatic carbocycles. The van der Waals surface area contributed by atoms with Gasteiger partial charge in [0.1, 0.15) is 0 Å². The average molecular weight is 432 g/mol. The molecule has 0 radical (unpaired) electrons. The first-order chi connectivity index (χ1) is 2.81. The van der Waals surface area contributed by atoms with Gasteiger partial charge in [0, 0.05) is 0 Å². The third-order valence-corrected chi connectivity index (χ3v) is 1.03. The Kier molecular flexibility index (Phi) is 4.15. The molecule has 0 rings (SSSR count). The van der Waals surface area contributed by atoms with Crippen LogP contribution < -0.4 is 0 Å². The van der Waals surface area contributed by atoms with E-state index in [-0.39, 0.29) is 0 Å². The van der Waals surface area contributed by atoms with Crippen LogP contribution >= 0.6 is 0 Å². The van der Waals surface area contributed by atoms with Gasteiger partial charge < -0.3 is 0 Å². The summed E-state index contributed by atoms with van der Waals surface area (Å²) < 4.78 is 8.22. The molecule has 0 spiro atoms. The fourth-order valence-electron chi connectivity index (χ4n) is 0.0119. The molecule has 0 N–H and O–H groups in total. The zero-order chi connectivity index (χ0) is 4.99. The van der Waals surface area contributed by atoms with Crippen LogP contribution in [0, 0.1) is 0 Å². The average Bonchev–Trinajstić information content (AvgIpc) is 1.65. The topological polar surface area (TPSA) is 35.5 Å². The number of hydrogen-bond donors (Lipinski definition) is 0. The summed E-state index contributed by atoms with van der Waals surface area (Å²) in [6, 6.07) is 0. The minimum absolute atomic E-state index is 0.608. The molecule has 0 aliphatic rings. The molecule has 5 heteroatoms. The number of carbonyl (C=O) groups is 1. The maximum atomic E-state index is 9.76. The third kappa shape index (κ3) is 2.81. The van der Waals surface area contributed by atoms with Crippen LogP contribution in [0.4, 0.5) is 4.79 Å². The van der Waals surface area contributed by atoms with Crippen molar-refractivity contribution in [1.29, 1.82) is 0 Å². The molecular weight excluding hydrogens is 432 g/mol. The van der Waals surface area contributed by atoms with Gasteiger partial charge in [-0.05, 0) is 0 Å². The molecule has 0 bridgehead atoms. The molecule has 0 aromatic heterocycles. The second-order valence-electron chi connectivity index (χ2n) is 0.404. The Morgan fingerprint density at radius 3 is 1.67 bits per heavy atom. The molecule has 0 fully saturated rings. The van der Waals surface area contributed by atoms with Crippen molar-refractivity contribution in [3.05, 3.63) is 0 Å². The van der Waals surface area contributed by atoms with Crippen molar-refractivity contribution in [2.75, 3.05) is 0 Å². The third-order valence-electron chi connectivity index (χ3n) is 0.126. The van der Waals surface area contributed by atoms with Crippen LogP contribution in [-0.4, -0.2) is 6.16 Å². The summed E-state index contributed by atoms with van der Waals surface area (Å²) in [6.45, 7) is 0. The normalized spacial score (nSPS) is 7.00. The van der Waals surface area contributed by atoms with E-state index in [4.69, 9.17) is 0 Å². The van der Waals surface area contributed by atoms with Crippen molar-refractivity contribution in [2.45, 2.75) is 0 Å². The van der Waals surface area contributed by atoms with Gasteiger partial charge in [0.25, 0.3) is 0 Å². The van der Waals surface area contributed by atoms with Crippen LogP contribution in [0.1, 0.15) is 0 Å². The van der Waals surface area contributed by atoms with E-state index in [9.17, 15) is 4.79 Å². The maximum absolute atomic E-state index is 9.76. The summed E-state index contributed by atoms with van der Waals surface area (Å²) in [5.74, 6) is 0. The Labute approximate surface area is 57.1 Å². The molecule has 0 unspecified atom stereocenters. The SMILES string of the molecule is O=C([O][Re])[O][Re]. The molecule has 0 aliphatic heterocycles. The minimum atomic E-state index is -0.608. The summed E-state index contributed by atoms with van der Waals surface area (Å²) in [5.41, 5.74) is 0. The predicted molar refractivity (Wildman–Crippen MR) is 7.57 cm³/mol. The van der Waals surface area contributed by atoms with Crippen LogP contribution in [0.25, 0.3) is 0 Å². The molecule has 3 nitrogen and oxygen atoms in total. The van der Waals surface area contributed by atoms with Gasteiger partial charge >= 0.3 is 57.0 Å². The van der Waals surface area contributed by atoms with E-state index in [2.05, 4.69) is 6.92 Å². The second-order valence-corrected chi connectivity index (χ2v) is 1.51. The van der Waals surface area contributed by atoms with E-state index in [0.717, 1.165) is 39.1 Å². The fraction of sp³-hybridized carbons (Fsp3) is 0. The second kappa shape index (κ2) is 3.77. The Balaban J connectivity index is 2.99. The van der Waals surface area contributed by atoms with Crippen molar-refractivity contribution in [1.82, 2.24) is 0 Å². The molecular formula is CO3Re2. The molecule has 0 saturated heterocycles. The van der Waals surface area contributed by atoms with Gasteiger partial charge in [0.05, 0.1) is 0 Å². The van der Waals surface area contributed by atoms with Crippen molar-refractivity contribution >= 4 is 6.16 Å². The van der Waals surface area contributed by atoms with Crippen LogP contribution in [0.2, 0.25) is 0 Å². The van der Waals surface area contributed by atoms with E-state index >= 15 is 0 Å². The first-order valence-electron chi connectivity index (χ1n) is 0.921. The van der Waals surface area contributed by atoms with E-state index in [1.165, 1.54) is 0 Å². The summed E-state index contributed by atoms with van der Waals surface area (Å²) >= 11 is 1.85. The molecule has 0 saturated carbocycles. The Bertz CT molecular complexity index is 46.8. The summed E-state index contributed by atoms with van der Waals surface area (Å²) in [5, 5.41) is 0. The number of carbonyl (C=O) groups excluding carboxylic acids is 1.